The van der Waals surface area contributed by atoms with Crippen LogP contribution in [-0.4, -0.2) is 37.1 Å². The Balaban J connectivity index is 1.70. The van der Waals surface area contributed by atoms with Crippen LogP contribution in [0.1, 0.15) is 22.9 Å². The van der Waals surface area contributed by atoms with Crippen molar-refractivity contribution in [2.75, 3.05) is 25.2 Å². The molecule has 0 aliphatic carbocycles. The number of anilines is 1. The zero-order valence-electron chi connectivity index (χ0n) is 18.0. The molecule has 0 bridgehead atoms. The van der Waals surface area contributed by atoms with E-state index in [-0.39, 0.29) is 11.3 Å². The minimum absolute atomic E-state index is 0.0891. The van der Waals surface area contributed by atoms with E-state index in [4.69, 9.17) is 18.6 Å². The number of aryl methyl sites for hydroxylation is 1. The van der Waals surface area contributed by atoms with Gasteiger partial charge in [-0.05, 0) is 43.3 Å². The van der Waals surface area contributed by atoms with Gasteiger partial charge in [-0.1, -0.05) is 11.6 Å². The molecule has 0 spiro atoms. The van der Waals surface area contributed by atoms with Crippen LogP contribution in [0.4, 0.5) is 5.69 Å². The highest BCUT2D eigenvalue weighted by Crippen LogP contribution is 2.45. The molecule has 1 aromatic heterocycles. The molecule has 1 N–H and O–H groups in total. The van der Waals surface area contributed by atoms with Crippen molar-refractivity contribution in [1.29, 1.82) is 0 Å². The molecule has 3 aromatic rings. The van der Waals surface area contributed by atoms with Gasteiger partial charge in [0, 0.05) is 11.8 Å². The molecule has 2 aromatic carbocycles. The Morgan fingerprint density at radius 2 is 1.85 bits per heavy atom. The summed E-state index contributed by atoms with van der Waals surface area (Å²) in [4.78, 5) is 27.8. The van der Waals surface area contributed by atoms with Gasteiger partial charge in [0.25, 0.3) is 11.7 Å². The van der Waals surface area contributed by atoms with Crippen molar-refractivity contribution < 1.29 is 33.3 Å². The van der Waals surface area contributed by atoms with Crippen molar-refractivity contribution >= 4 is 23.1 Å². The Hall–Kier alpha value is -4.20. The molecule has 3 heterocycles. The molecular formula is C25H21NO7. The molecule has 2 aliphatic rings. The molecule has 8 heteroatoms. The minimum atomic E-state index is -0.979. The molecule has 1 fully saturated rings. The molecule has 1 atom stereocenters. The lowest BCUT2D eigenvalue weighted by Crippen LogP contribution is -2.29. The smallest absolute Gasteiger partial charge is 0.300 e. The van der Waals surface area contributed by atoms with E-state index in [1.54, 1.807) is 42.5 Å². The predicted molar refractivity (Wildman–Crippen MR) is 119 cm³/mol. The number of aliphatic hydroxyl groups is 1. The molecule has 5 rings (SSSR count). The lowest BCUT2D eigenvalue weighted by Gasteiger charge is -2.25. The van der Waals surface area contributed by atoms with Gasteiger partial charge in [0.05, 0.1) is 24.5 Å². The summed E-state index contributed by atoms with van der Waals surface area (Å²) in [5, 5.41) is 11.3. The Kier molecular flexibility index (Phi) is 5.05. The lowest BCUT2D eigenvalue weighted by molar-refractivity contribution is -0.132. The average molecular weight is 447 g/mol. The van der Waals surface area contributed by atoms with E-state index < -0.39 is 17.7 Å². The fourth-order valence-corrected chi connectivity index (χ4v) is 4.15. The molecule has 2 aliphatic heterocycles. The van der Waals surface area contributed by atoms with Gasteiger partial charge in [0.1, 0.15) is 36.5 Å². The quantitative estimate of drug-likeness (QED) is 0.367. The molecule has 1 unspecified atom stereocenters. The standard InChI is InChI=1S/C25H21NO7/c1-14-5-7-17(30-2)16(12-14)23(27)21-22(19-4-3-9-31-19)26(25(29)24(21)28)15-6-8-18-20(13-15)33-11-10-32-18/h3-9,12-13,22,27H,10-11H2,1-2H3/b23-21-. The summed E-state index contributed by atoms with van der Waals surface area (Å²) in [5.74, 6) is -0.220. The third kappa shape index (κ3) is 3.40. The van der Waals surface area contributed by atoms with Crippen molar-refractivity contribution in [1.82, 2.24) is 0 Å². The highest BCUT2D eigenvalue weighted by Gasteiger charge is 2.48. The zero-order chi connectivity index (χ0) is 23.1. The number of carbonyl (C=O) groups is 2. The average Bonchev–Trinajstić information content (AvgIpc) is 3.45. The Morgan fingerprint density at radius 3 is 2.58 bits per heavy atom. The molecule has 168 valence electrons. The maximum atomic E-state index is 13.2. The van der Waals surface area contributed by atoms with Crippen molar-refractivity contribution in [3.63, 3.8) is 0 Å². The second-order valence-corrected chi connectivity index (χ2v) is 7.72. The number of methoxy groups -OCH3 is 1. The van der Waals surface area contributed by atoms with Gasteiger partial charge in [-0.25, -0.2) is 0 Å². The first-order chi connectivity index (χ1) is 16.0. The molecular weight excluding hydrogens is 426 g/mol. The summed E-state index contributed by atoms with van der Waals surface area (Å²) in [6, 6.07) is 12.6. The van der Waals surface area contributed by atoms with E-state index in [0.29, 0.717) is 47.5 Å². The van der Waals surface area contributed by atoms with Crippen LogP contribution in [-0.2, 0) is 9.59 Å². The number of hydrogen-bond acceptors (Lipinski definition) is 7. The molecule has 1 saturated heterocycles. The largest absolute Gasteiger partial charge is 0.507 e. The summed E-state index contributed by atoms with van der Waals surface area (Å²) in [7, 11) is 1.47. The first-order valence-electron chi connectivity index (χ1n) is 10.4. The summed E-state index contributed by atoms with van der Waals surface area (Å²) in [5.41, 5.74) is 1.49. The number of ether oxygens (including phenoxy) is 3. The van der Waals surface area contributed by atoms with Gasteiger partial charge in [0.2, 0.25) is 0 Å². The van der Waals surface area contributed by atoms with Crippen LogP contribution in [0.25, 0.3) is 5.76 Å². The summed E-state index contributed by atoms with van der Waals surface area (Å²) in [6.45, 7) is 2.67. The zero-order valence-corrected chi connectivity index (χ0v) is 18.0. The number of Topliss-reactive ketones (excluding diaryl/α,β-unsaturated/α-hetero) is 1. The highest BCUT2D eigenvalue weighted by atomic mass is 16.6. The molecule has 33 heavy (non-hydrogen) atoms. The Labute approximate surface area is 189 Å². The van der Waals surface area contributed by atoms with Gasteiger partial charge in [0.15, 0.2) is 11.5 Å². The number of carbonyl (C=O) groups excluding carboxylic acids is 2. The second-order valence-electron chi connectivity index (χ2n) is 7.72. The van der Waals surface area contributed by atoms with Crippen molar-refractivity contribution in [2.45, 2.75) is 13.0 Å². The number of ketones is 1. The van der Waals surface area contributed by atoms with Crippen LogP contribution in [0.5, 0.6) is 17.2 Å². The number of nitrogens with zero attached hydrogens (tertiary/aromatic N) is 1. The van der Waals surface area contributed by atoms with Crippen LogP contribution in [0.3, 0.4) is 0 Å². The summed E-state index contributed by atoms with van der Waals surface area (Å²) < 4.78 is 22.2. The fourth-order valence-electron chi connectivity index (χ4n) is 4.15. The van der Waals surface area contributed by atoms with Gasteiger partial charge in [-0.15, -0.1) is 0 Å². The topological polar surface area (TPSA) is 98.4 Å². The van der Waals surface area contributed by atoms with E-state index in [2.05, 4.69) is 0 Å². The van der Waals surface area contributed by atoms with Crippen molar-refractivity contribution in [2.24, 2.45) is 0 Å². The number of furan rings is 1. The number of benzene rings is 2. The van der Waals surface area contributed by atoms with Crippen LogP contribution in [0.15, 0.2) is 64.8 Å². The first kappa shape index (κ1) is 20.7. The van der Waals surface area contributed by atoms with Crippen molar-refractivity contribution in [3.05, 3.63) is 77.3 Å². The Morgan fingerprint density at radius 1 is 1.06 bits per heavy atom. The lowest BCUT2D eigenvalue weighted by atomic mass is 9.97. The molecule has 0 saturated carbocycles. The number of aliphatic hydroxyl groups excluding tert-OH is 1. The monoisotopic (exact) mass is 447 g/mol. The third-order valence-corrected chi connectivity index (χ3v) is 5.67. The number of amides is 1. The maximum Gasteiger partial charge on any atom is 0.300 e. The van der Waals surface area contributed by atoms with E-state index in [1.165, 1.54) is 18.3 Å². The highest BCUT2D eigenvalue weighted by molar-refractivity contribution is 6.51. The van der Waals surface area contributed by atoms with E-state index in [1.807, 2.05) is 13.0 Å². The third-order valence-electron chi connectivity index (χ3n) is 5.67. The fraction of sp³-hybridized carbons (Fsp3) is 0.200. The molecule has 0 radical (unpaired) electrons. The maximum absolute atomic E-state index is 13.2. The number of fused-ring (bicyclic) bond motifs is 1. The van der Waals surface area contributed by atoms with Gasteiger partial charge in [-0.2, -0.15) is 0 Å². The van der Waals surface area contributed by atoms with Crippen LogP contribution >= 0.6 is 0 Å². The second kappa shape index (κ2) is 8.05. The minimum Gasteiger partial charge on any atom is -0.507 e. The molecule has 8 nitrogen and oxygen atoms in total. The van der Waals surface area contributed by atoms with Gasteiger partial charge >= 0.3 is 0 Å². The predicted octanol–water partition coefficient (Wildman–Crippen LogP) is 3.99. The van der Waals surface area contributed by atoms with Gasteiger partial charge in [-0.3, -0.25) is 14.5 Å². The normalized spacial score (nSPS) is 19.1. The SMILES string of the molecule is COc1ccc(C)cc1/C(O)=C1/C(=O)C(=O)N(c2ccc3c(c2)OCCO3)C1c1ccco1. The van der Waals surface area contributed by atoms with Crippen LogP contribution in [0, 0.1) is 6.92 Å². The van der Waals surface area contributed by atoms with Crippen LogP contribution < -0.4 is 19.1 Å². The van der Waals surface area contributed by atoms with E-state index in [9.17, 15) is 14.7 Å². The van der Waals surface area contributed by atoms with Gasteiger partial charge < -0.3 is 23.7 Å². The first-order valence-corrected chi connectivity index (χ1v) is 10.4. The van der Waals surface area contributed by atoms with Crippen LogP contribution in [0.2, 0.25) is 0 Å². The number of rotatable bonds is 4. The van der Waals surface area contributed by atoms with Crippen molar-refractivity contribution in [3.8, 4) is 17.2 Å². The number of hydrogen-bond donors (Lipinski definition) is 1. The summed E-state index contributed by atoms with van der Waals surface area (Å²) in [6.07, 6.45) is 1.45. The molecule has 1 amide bonds. The summed E-state index contributed by atoms with van der Waals surface area (Å²) >= 11 is 0. The van der Waals surface area contributed by atoms with E-state index in [0.717, 1.165) is 5.56 Å². The Bertz CT molecular complexity index is 1280. The van der Waals surface area contributed by atoms with E-state index >= 15 is 0 Å².